The molecule has 4 rings (SSSR count). The van der Waals surface area contributed by atoms with E-state index in [-0.39, 0.29) is 17.9 Å². The van der Waals surface area contributed by atoms with Crippen LogP contribution in [-0.4, -0.2) is 51.8 Å². The number of fused-ring (bicyclic) bond motifs is 1. The van der Waals surface area contributed by atoms with E-state index < -0.39 is 0 Å². The molecule has 3 aromatic rings. The van der Waals surface area contributed by atoms with E-state index in [2.05, 4.69) is 15.3 Å². The number of carbonyl (C=O) groups excluding carboxylic acids is 2. The van der Waals surface area contributed by atoms with Crippen LogP contribution in [0.5, 0.6) is 0 Å². The minimum absolute atomic E-state index is 0.0470. The number of halogens is 1. The van der Waals surface area contributed by atoms with Crippen molar-refractivity contribution in [1.29, 1.82) is 0 Å². The summed E-state index contributed by atoms with van der Waals surface area (Å²) in [6.07, 6.45) is 4.88. The first-order valence-corrected chi connectivity index (χ1v) is 12.6. The summed E-state index contributed by atoms with van der Waals surface area (Å²) >= 11 is 7.82. The van der Waals surface area contributed by atoms with Crippen molar-refractivity contribution in [3.63, 3.8) is 0 Å². The molecule has 0 radical (unpaired) electrons. The predicted molar refractivity (Wildman–Crippen MR) is 131 cm³/mol. The average Bonchev–Trinajstić information content (AvgIpc) is 3.45. The number of H-pyrrole nitrogens is 1. The molecule has 1 aliphatic heterocycles. The molecule has 2 N–H and O–H groups in total. The number of amides is 2. The molecule has 0 unspecified atom stereocenters. The number of carbonyl (C=O) groups is 2. The highest BCUT2D eigenvalue weighted by Gasteiger charge is 2.23. The van der Waals surface area contributed by atoms with E-state index in [4.69, 9.17) is 11.6 Å². The van der Waals surface area contributed by atoms with Crippen LogP contribution in [0.3, 0.4) is 0 Å². The Balaban J connectivity index is 1.53. The molecule has 1 atom stereocenters. The van der Waals surface area contributed by atoms with Crippen molar-refractivity contribution in [3.8, 4) is 0 Å². The van der Waals surface area contributed by atoms with Gasteiger partial charge in [-0.3, -0.25) is 9.59 Å². The third-order valence-corrected chi connectivity index (χ3v) is 6.70. The van der Waals surface area contributed by atoms with Crippen LogP contribution in [0.1, 0.15) is 57.4 Å². The Hall–Kier alpha value is -2.51. The molecule has 0 spiro atoms. The standard InChI is InChI=1S/C24H27ClN4O2S/c1-15-13-16(5-7-18(15)24(31)29-10-3-4-11-29)23(30)28-20(9-12-32-2)22-26-19-8-6-17(25)14-21(19)27-22/h5-8,13-14,20H,3-4,9-12H2,1-2H3,(H,26,27)(H,28,30)/t20-/m0/s1. The fourth-order valence-electron chi connectivity index (χ4n) is 4.06. The molecular weight excluding hydrogens is 444 g/mol. The van der Waals surface area contributed by atoms with Crippen LogP contribution in [0.4, 0.5) is 0 Å². The highest BCUT2D eigenvalue weighted by Crippen LogP contribution is 2.23. The second-order valence-corrected chi connectivity index (χ2v) is 9.54. The molecule has 2 heterocycles. The lowest BCUT2D eigenvalue weighted by Gasteiger charge is -2.18. The summed E-state index contributed by atoms with van der Waals surface area (Å²) in [5.74, 6) is 1.45. The van der Waals surface area contributed by atoms with Gasteiger partial charge in [-0.1, -0.05) is 11.6 Å². The summed E-state index contributed by atoms with van der Waals surface area (Å²) in [6.45, 7) is 3.50. The number of thioether (sulfide) groups is 1. The van der Waals surface area contributed by atoms with Crippen LogP contribution in [0, 0.1) is 6.92 Å². The Bertz CT molecular complexity index is 1140. The Kier molecular flexibility index (Phi) is 7.06. The molecule has 2 amide bonds. The SMILES string of the molecule is CSCC[C@H](NC(=O)c1ccc(C(=O)N2CCCC2)c(C)c1)c1nc2ccc(Cl)cc2[nH]1. The van der Waals surface area contributed by atoms with E-state index in [1.54, 1.807) is 36.0 Å². The number of hydrogen-bond donors (Lipinski definition) is 2. The van der Waals surface area contributed by atoms with Crippen molar-refractivity contribution in [2.24, 2.45) is 0 Å². The summed E-state index contributed by atoms with van der Waals surface area (Å²) in [6, 6.07) is 10.5. The van der Waals surface area contributed by atoms with Crippen molar-refractivity contribution in [1.82, 2.24) is 20.2 Å². The van der Waals surface area contributed by atoms with Gasteiger partial charge in [0.2, 0.25) is 0 Å². The van der Waals surface area contributed by atoms with Gasteiger partial charge in [0.05, 0.1) is 17.1 Å². The van der Waals surface area contributed by atoms with Crippen LogP contribution in [0.25, 0.3) is 11.0 Å². The maximum absolute atomic E-state index is 13.1. The van der Waals surface area contributed by atoms with Crippen LogP contribution in [-0.2, 0) is 0 Å². The summed E-state index contributed by atoms with van der Waals surface area (Å²) in [5.41, 5.74) is 3.67. The fraction of sp³-hybridized carbons (Fsp3) is 0.375. The first kappa shape index (κ1) is 22.7. The number of aromatic nitrogens is 2. The Morgan fingerprint density at radius 3 is 2.72 bits per heavy atom. The number of hydrogen-bond acceptors (Lipinski definition) is 4. The zero-order valence-electron chi connectivity index (χ0n) is 18.3. The molecule has 1 aliphatic rings. The Morgan fingerprint density at radius 2 is 2.00 bits per heavy atom. The summed E-state index contributed by atoms with van der Waals surface area (Å²) in [7, 11) is 0. The van der Waals surface area contributed by atoms with Crippen molar-refractivity contribution in [2.45, 2.75) is 32.2 Å². The van der Waals surface area contributed by atoms with Crippen LogP contribution < -0.4 is 5.32 Å². The lowest BCUT2D eigenvalue weighted by Crippen LogP contribution is -2.30. The third-order valence-electron chi connectivity index (χ3n) is 5.82. The van der Waals surface area contributed by atoms with Crippen molar-refractivity contribution in [3.05, 3.63) is 63.9 Å². The van der Waals surface area contributed by atoms with Gasteiger partial charge in [-0.05, 0) is 80.2 Å². The fourth-order valence-corrected chi connectivity index (χ4v) is 4.70. The van der Waals surface area contributed by atoms with E-state index in [0.717, 1.165) is 54.7 Å². The van der Waals surface area contributed by atoms with Crippen LogP contribution in [0.15, 0.2) is 36.4 Å². The molecule has 1 fully saturated rings. The largest absolute Gasteiger partial charge is 0.342 e. The predicted octanol–water partition coefficient (Wildman–Crippen LogP) is 4.98. The van der Waals surface area contributed by atoms with Gasteiger partial charge in [0, 0.05) is 29.2 Å². The van der Waals surface area contributed by atoms with E-state index in [1.807, 2.05) is 30.2 Å². The van der Waals surface area contributed by atoms with E-state index >= 15 is 0 Å². The maximum atomic E-state index is 13.1. The van der Waals surface area contributed by atoms with Gasteiger partial charge < -0.3 is 15.2 Å². The smallest absolute Gasteiger partial charge is 0.254 e. The molecular formula is C24H27ClN4O2S. The minimum Gasteiger partial charge on any atom is -0.342 e. The van der Waals surface area contributed by atoms with E-state index in [9.17, 15) is 9.59 Å². The molecule has 0 saturated carbocycles. The van der Waals surface area contributed by atoms with Crippen molar-refractivity contribution in [2.75, 3.05) is 25.1 Å². The van der Waals surface area contributed by atoms with Crippen molar-refractivity contribution < 1.29 is 9.59 Å². The zero-order chi connectivity index (χ0) is 22.7. The van der Waals surface area contributed by atoms with E-state index in [1.165, 1.54) is 0 Å². The highest BCUT2D eigenvalue weighted by molar-refractivity contribution is 7.98. The number of benzene rings is 2. The molecule has 6 nitrogen and oxygen atoms in total. The summed E-state index contributed by atoms with van der Waals surface area (Å²) < 4.78 is 0. The minimum atomic E-state index is -0.257. The number of likely N-dealkylation sites (tertiary alicyclic amines) is 1. The molecule has 168 valence electrons. The van der Waals surface area contributed by atoms with Gasteiger partial charge in [0.25, 0.3) is 11.8 Å². The molecule has 0 bridgehead atoms. The number of nitrogens with one attached hydrogen (secondary N) is 2. The second kappa shape index (κ2) is 9.96. The number of aromatic amines is 1. The molecule has 1 aromatic heterocycles. The normalized spacial score (nSPS) is 14.7. The number of aryl methyl sites for hydroxylation is 1. The number of nitrogens with zero attached hydrogens (tertiary/aromatic N) is 2. The first-order chi connectivity index (χ1) is 15.5. The van der Waals surface area contributed by atoms with Gasteiger partial charge in [0.1, 0.15) is 5.82 Å². The molecule has 0 aliphatic carbocycles. The zero-order valence-corrected chi connectivity index (χ0v) is 19.9. The van der Waals surface area contributed by atoms with Crippen LogP contribution in [0.2, 0.25) is 5.02 Å². The van der Waals surface area contributed by atoms with Gasteiger partial charge >= 0.3 is 0 Å². The Morgan fingerprint density at radius 1 is 1.22 bits per heavy atom. The monoisotopic (exact) mass is 470 g/mol. The van der Waals surface area contributed by atoms with Crippen LogP contribution >= 0.6 is 23.4 Å². The summed E-state index contributed by atoms with van der Waals surface area (Å²) in [5, 5.41) is 3.75. The molecule has 1 saturated heterocycles. The third kappa shape index (κ3) is 4.94. The topological polar surface area (TPSA) is 78.1 Å². The quantitative estimate of drug-likeness (QED) is 0.510. The van der Waals surface area contributed by atoms with Gasteiger partial charge in [-0.25, -0.2) is 4.98 Å². The van der Waals surface area contributed by atoms with Crippen molar-refractivity contribution >= 4 is 46.2 Å². The average molecular weight is 471 g/mol. The lowest BCUT2D eigenvalue weighted by atomic mass is 10.0. The van der Waals surface area contributed by atoms with Gasteiger partial charge in [0.15, 0.2) is 0 Å². The molecule has 32 heavy (non-hydrogen) atoms. The molecule has 8 heteroatoms. The number of imidazole rings is 1. The lowest BCUT2D eigenvalue weighted by molar-refractivity contribution is 0.0791. The highest BCUT2D eigenvalue weighted by atomic mass is 35.5. The second-order valence-electron chi connectivity index (χ2n) is 8.12. The first-order valence-electron chi connectivity index (χ1n) is 10.8. The number of rotatable bonds is 7. The summed E-state index contributed by atoms with van der Waals surface area (Å²) in [4.78, 5) is 35.7. The Labute approximate surface area is 197 Å². The van der Waals surface area contributed by atoms with Gasteiger partial charge in [-0.15, -0.1) is 0 Å². The van der Waals surface area contributed by atoms with E-state index in [0.29, 0.717) is 22.0 Å². The van der Waals surface area contributed by atoms with Gasteiger partial charge in [-0.2, -0.15) is 11.8 Å². The maximum Gasteiger partial charge on any atom is 0.254 e. The molecule has 2 aromatic carbocycles.